The lowest BCUT2D eigenvalue weighted by Gasteiger charge is -2.38. The highest BCUT2D eigenvalue weighted by Crippen LogP contribution is 2.30. The maximum absolute atomic E-state index is 13.7. The fourth-order valence-corrected chi connectivity index (χ4v) is 4.01. The van der Waals surface area contributed by atoms with Gasteiger partial charge in [0, 0.05) is 31.5 Å². The highest BCUT2D eigenvalue weighted by atomic mass is 32.2. The van der Waals surface area contributed by atoms with E-state index in [0.29, 0.717) is 18.1 Å². The summed E-state index contributed by atoms with van der Waals surface area (Å²) in [5.41, 5.74) is 2.11. The molecule has 5 nitrogen and oxygen atoms in total. The summed E-state index contributed by atoms with van der Waals surface area (Å²) < 4.78 is 0. The fourth-order valence-electron chi connectivity index (χ4n) is 2.79. The number of carbonyl (C=O) groups is 2. The molecular formula is C23H31N3O2S2. The molecule has 1 unspecified atom stereocenters. The molecule has 0 heterocycles. The highest BCUT2D eigenvalue weighted by molar-refractivity contribution is 8.00. The van der Waals surface area contributed by atoms with Crippen LogP contribution < -0.4 is 5.32 Å². The van der Waals surface area contributed by atoms with Gasteiger partial charge in [0.05, 0.1) is 6.54 Å². The summed E-state index contributed by atoms with van der Waals surface area (Å²) in [7, 11) is 3.67. The van der Waals surface area contributed by atoms with Gasteiger partial charge in [0.15, 0.2) is 4.87 Å². The zero-order valence-electron chi connectivity index (χ0n) is 18.0. The van der Waals surface area contributed by atoms with Crippen LogP contribution in [0.5, 0.6) is 0 Å². The number of hydrogen-bond acceptors (Lipinski definition) is 5. The minimum Gasteiger partial charge on any atom is -0.333 e. The van der Waals surface area contributed by atoms with E-state index in [1.807, 2.05) is 81.7 Å². The molecule has 2 aromatic rings. The molecule has 7 heteroatoms. The van der Waals surface area contributed by atoms with E-state index in [2.05, 4.69) is 17.9 Å². The molecule has 0 saturated heterocycles. The number of hydrazine groups is 1. The zero-order chi connectivity index (χ0) is 22.1. The molecule has 0 bridgehead atoms. The summed E-state index contributed by atoms with van der Waals surface area (Å²) >= 11 is 5.66. The van der Waals surface area contributed by atoms with Crippen LogP contribution in [0.15, 0.2) is 60.7 Å². The first kappa shape index (κ1) is 24.3. The lowest BCUT2D eigenvalue weighted by molar-refractivity contribution is -0.151. The standard InChI is InChI=1S/C23H31N3O2S2/c1-18(16-29)21(27)24-23(2,30-17-20-13-9-6-10-14-20)22(28)26(25(3)4)15-19-11-7-5-8-12-19/h5-14,18,29H,15-17H2,1-4H3,(H,24,27)/t18-,23?/m1/s1. The maximum Gasteiger partial charge on any atom is 0.273 e. The molecular weight excluding hydrogens is 414 g/mol. The van der Waals surface area contributed by atoms with Crippen LogP contribution in [0, 0.1) is 5.92 Å². The van der Waals surface area contributed by atoms with Gasteiger partial charge in [0.25, 0.3) is 5.91 Å². The average Bonchev–Trinajstić information content (AvgIpc) is 2.76. The first-order chi connectivity index (χ1) is 14.3. The number of benzene rings is 2. The molecule has 1 N–H and O–H groups in total. The molecule has 2 aromatic carbocycles. The topological polar surface area (TPSA) is 52.7 Å². The number of amides is 2. The molecule has 0 radical (unpaired) electrons. The van der Waals surface area contributed by atoms with Gasteiger partial charge in [-0.05, 0) is 18.1 Å². The van der Waals surface area contributed by atoms with Gasteiger partial charge < -0.3 is 5.32 Å². The van der Waals surface area contributed by atoms with Crippen LogP contribution in [0.25, 0.3) is 0 Å². The number of carbonyl (C=O) groups excluding carboxylic acids is 2. The van der Waals surface area contributed by atoms with Gasteiger partial charge in [-0.1, -0.05) is 67.6 Å². The summed E-state index contributed by atoms with van der Waals surface area (Å²) in [6.07, 6.45) is 0. The van der Waals surface area contributed by atoms with Gasteiger partial charge in [-0.2, -0.15) is 12.6 Å². The fraction of sp³-hybridized carbons (Fsp3) is 0.391. The third kappa shape index (κ3) is 6.79. The number of rotatable bonds is 10. The summed E-state index contributed by atoms with van der Waals surface area (Å²) in [6.45, 7) is 4.02. The first-order valence-electron chi connectivity index (χ1n) is 9.90. The minimum atomic E-state index is -1.12. The normalized spacial score (nSPS) is 14.1. The molecule has 2 amide bonds. The van der Waals surface area contributed by atoms with Crippen LogP contribution in [0.4, 0.5) is 0 Å². The molecule has 0 aliphatic heterocycles. The molecule has 2 atom stereocenters. The van der Waals surface area contributed by atoms with Crippen LogP contribution in [0.2, 0.25) is 0 Å². The van der Waals surface area contributed by atoms with Gasteiger partial charge in [-0.25, -0.2) is 5.01 Å². The van der Waals surface area contributed by atoms with Crippen LogP contribution in [0.3, 0.4) is 0 Å². The van der Waals surface area contributed by atoms with Crippen molar-refractivity contribution in [2.24, 2.45) is 5.92 Å². The quantitative estimate of drug-likeness (QED) is 0.332. The van der Waals surface area contributed by atoms with Crippen LogP contribution in [-0.4, -0.2) is 46.6 Å². The Morgan fingerprint density at radius 3 is 2.07 bits per heavy atom. The van der Waals surface area contributed by atoms with Gasteiger partial charge in [0.1, 0.15) is 0 Å². The molecule has 0 fully saturated rings. The Morgan fingerprint density at radius 1 is 1.03 bits per heavy atom. The predicted molar refractivity (Wildman–Crippen MR) is 128 cm³/mol. The second-order valence-corrected chi connectivity index (χ2v) is 9.34. The summed E-state index contributed by atoms with van der Waals surface area (Å²) in [5.74, 6) is 0.378. The third-order valence-corrected chi connectivity index (χ3v) is 6.63. The van der Waals surface area contributed by atoms with Crippen molar-refractivity contribution < 1.29 is 9.59 Å². The number of nitrogens with zero attached hydrogens (tertiary/aromatic N) is 2. The van der Waals surface area contributed by atoms with Crippen LogP contribution >= 0.6 is 24.4 Å². The van der Waals surface area contributed by atoms with Crippen LogP contribution in [-0.2, 0) is 21.9 Å². The average molecular weight is 446 g/mol. The number of thiol groups is 1. The van der Waals surface area contributed by atoms with E-state index < -0.39 is 4.87 Å². The van der Waals surface area contributed by atoms with E-state index in [1.165, 1.54) is 11.8 Å². The van der Waals surface area contributed by atoms with Crippen molar-refractivity contribution in [1.29, 1.82) is 0 Å². The van der Waals surface area contributed by atoms with Gasteiger partial charge in [0.2, 0.25) is 5.91 Å². The van der Waals surface area contributed by atoms with Crippen molar-refractivity contribution in [3.63, 3.8) is 0 Å². The van der Waals surface area contributed by atoms with Crippen LogP contribution in [0.1, 0.15) is 25.0 Å². The van der Waals surface area contributed by atoms with Crippen molar-refractivity contribution in [3.05, 3.63) is 71.8 Å². The summed E-state index contributed by atoms with van der Waals surface area (Å²) in [6, 6.07) is 19.8. The van der Waals surface area contributed by atoms with Crippen molar-refractivity contribution in [2.75, 3.05) is 19.8 Å². The second kappa shape index (κ2) is 11.4. The van der Waals surface area contributed by atoms with E-state index in [9.17, 15) is 9.59 Å². The lowest BCUT2D eigenvalue weighted by atomic mass is 10.1. The van der Waals surface area contributed by atoms with Crippen molar-refractivity contribution in [3.8, 4) is 0 Å². The first-order valence-corrected chi connectivity index (χ1v) is 11.5. The van der Waals surface area contributed by atoms with E-state index in [0.717, 1.165) is 11.1 Å². The molecule has 0 saturated carbocycles. The Labute approximate surface area is 189 Å². The highest BCUT2D eigenvalue weighted by Gasteiger charge is 2.40. The molecule has 0 aliphatic carbocycles. The minimum absolute atomic E-state index is 0.169. The Kier molecular flexibility index (Phi) is 9.27. The van der Waals surface area contributed by atoms with Crippen molar-refractivity contribution in [2.45, 2.75) is 31.0 Å². The number of thioether (sulfide) groups is 1. The molecule has 0 aromatic heterocycles. The summed E-state index contributed by atoms with van der Waals surface area (Å²) in [5, 5.41) is 6.43. The van der Waals surface area contributed by atoms with Gasteiger partial charge in [-0.15, -0.1) is 11.8 Å². The second-order valence-electron chi connectivity index (χ2n) is 7.58. The maximum atomic E-state index is 13.7. The Bertz CT molecular complexity index is 818. The predicted octanol–water partition coefficient (Wildman–Crippen LogP) is 3.82. The monoisotopic (exact) mass is 445 g/mol. The molecule has 162 valence electrons. The SMILES string of the molecule is C[C@H](CS)C(=O)NC(C)(SCc1ccccc1)C(=O)N(Cc1ccccc1)N(C)C. The summed E-state index contributed by atoms with van der Waals surface area (Å²) in [4.78, 5) is 25.3. The molecule has 0 spiro atoms. The van der Waals surface area contributed by atoms with E-state index >= 15 is 0 Å². The largest absolute Gasteiger partial charge is 0.333 e. The Hall–Kier alpha value is -1.96. The van der Waals surface area contributed by atoms with Gasteiger partial charge in [-0.3, -0.25) is 14.6 Å². The number of hydrogen-bond donors (Lipinski definition) is 2. The molecule has 2 rings (SSSR count). The van der Waals surface area contributed by atoms with E-state index in [-0.39, 0.29) is 17.7 Å². The smallest absolute Gasteiger partial charge is 0.273 e. The molecule has 30 heavy (non-hydrogen) atoms. The van der Waals surface area contributed by atoms with Crippen molar-refractivity contribution in [1.82, 2.24) is 15.3 Å². The number of nitrogens with one attached hydrogen (secondary N) is 1. The van der Waals surface area contributed by atoms with Crippen molar-refractivity contribution >= 4 is 36.2 Å². The van der Waals surface area contributed by atoms with Gasteiger partial charge >= 0.3 is 0 Å². The zero-order valence-corrected chi connectivity index (χ0v) is 19.7. The van der Waals surface area contributed by atoms with E-state index in [1.54, 1.807) is 16.9 Å². The Balaban J connectivity index is 2.28. The van der Waals surface area contributed by atoms with E-state index in [4.69, 9.17) is 0 Å². The lowest BCUT2D eigenvalue weighted by Crippen LogP contribution is -2.59. The Morgan fingerprint density at radius 2 is 1.57 bits per heavy atom. The molecule has 0 aliphatic rings. The third-order valence-electron chi connectivity index (χ3n) is 4.75.